The van der Waals surface area contributed by atoms with Crippen LogP contribution in [0.4, 0.5) is 0 Å². The topological polar surface area (TPSA) is 91.1 Å². The first kappa shape index (κ1) is 13.2. The highest BCUT2D eigenvalue weighted by Crippen LogP contribution is 2.21. The summed E-state index contributed by atoms with van der Waals surface area (Å²) in [7, 11) is -3.15. The van der Waals surface area contributed by atoms with Crippen LogP contribution in [0.25, 0.3) is 0 Å². The third-order valence-electron chi connectivity index (χ3n) is 2.65. The number of hydrogen-bond donors (Lipinski definition) is 2. The molecule has 0 fully saturated rings. The van der Waals surface area contributed by atoms with Gasteiger partial charge in [0.05, 0.1) is 15.4 Å². The van der Waals surface area contributed by atoms with Gasteiger partial charge >= 0.3 is 5.97 Å². The highest BCUT2D eigenvalue weighted by molar-refractivity contribution is 7.92. The van der Waals surface area contributed by atoms with Crippen LogP contribution in [0.1, 0.15) is 16.1 Å². The highest BCUT2D eigenvalue weighted by Gasteiger charge is 2.14. The zero-order valence-electron chi connectivity index (χ0n) is 10.2. The Kier molecular flexibility index (Phi) is 3.35. The van der Waals surface area contributed by atoms with Crippen molar-refractivity contribution < 1.29 is 14.1 Å². The maximum Gasteiger partial charge on any atom is 0.335 e. The Morgan fingerprint density at radius 2 is 1.74 bits per heavy atom. The number of carboxylic acid groups (broad SMARTS) is 1. The van der Waals surface area contributed by atoms with Crippen molar-refractivity contribution in [3.8, 4) is 0 Å². The summed E-state index contributed by atoms with van der Waals surface area (Å²) in [5.74, 6) is -1.06. The summed E-state index contributed by atoms with van der Waals surface area (Å²) in [6, 6.07) is 8.77. The summed E-state index contributed by atoms with van der Waals surface area (Å²) >= 11 is 0. The quantitative estimate of drug-likeness (QED) is 0.901. The SMILES string of the molecule is Cc1ccc(S(=N)(=O)c2ccc(C(=O)O)cc2)cn1. The second kappa shape index (κ2) is 4.81. The number of hydrogen-bond acceptors (Lipinski definition) is 4. The van der Waals surface area contributed by atoms with Gasteiger partial charge in [-0.1, -0.05) is 0 Å². The van der Waals surface area contributed by atoms with Gasteiger partial charge in [0.1, 0.15) is 9.73 Å². The van der Waals surface area contributed by atoms with Crippen LogP contribution in [-0.4, -0.2) is 20.3 Å². The van der Waals surface area contributed by atoms with E-state index in [4.69, 9.17) is 9.89 Å². The van der Waals surface area contributed by atoms with Gasteiger partial charge in [-0.05, 0) is 43.3 Å². The summed E-state index contributed by atoms with van der Waals surface area (Å²) in [6.45, 7) is 1.80. The van der Waals surface area contributed by atoms with E-state index in [-0.39, 0.29) is 10.5 Å². The molecule has 0 aliphatic heterocycles. The smallest absolute Gasteiger partial charge is 0.335 e. The molecule has 1 unspecified atom stereocenters. The standard InChI is InChI=1S/C13H12N2O3S/c1-9-2-5-12(8-15-9)19(14,18)11-6-3-10(4-7-11)13(16)17/h2-8,14H,1H3,(H,16,17). The molecule has 2 aromatic rings. The zero-order chi connectivity index (χ0) is 14.0. The van der Waals surface area contributed by atoms with Crippen LogP contribution in [0.15, 0.2) is 52.4 Å². The number of benzene rings is 1. The molecular formula is C13H12N2O3S. The van der Waals surface area contributed by atoms with Crippen LogP contribution in [-0.2, 0) is 9.73 Å². The van der Waals surface area contributed by atoms with E-state index in [9.17, 15) is 9.00 Å². The van der Waals surface area contributed by atoms with E-state index < -0.39 is 15.7 Å². The van der Waals surface area contributed by atoms with Crippen LogP contribution in [0.3, 0.4) is 0 Å². The first-order chi connectivity index (χ1) is 8.91. The fraction of sp³-hybridized carbons (Fsp3) is 0.0769. The fourth-order valence-electron chi connectivity index (χ4n) is 1.55. The number of nitrogens with zero attached hydrogens (tertiary/aromatic N) is 1. The van der Waals surface area contributed by atoms with E-state index in [1.54, 1.807) is 19.1 Å². The van der Waals surface area contributed by atoms with Gasteiger partial charge in [-0.15, -0.1) is 0 Å². The molecule has 0 amide bonds. The van der Waals surface area contributed by atoms with Gasteiger partial charge < -0.3 is 5.11 Å². The maximum absolute atomic E-state index is 12.5. The van der Waals surface area contributed by atoms with Gasteiger partial charge in [0, 0.05) is 11.9 Å². The molecule has 2 N–H and O–H groups in total. The molecule has 0 aliphatic carbocycles. The number of aryl methyl sites for hydroxylation is 1. The van der Waals surface area contributed by atoms with Gasteiger partial charge in [-0.25, -0.2) is 13.8 Å². The lowest BCUT2D eigenvalue weighted by atomic mass is 10.2. The second-order valence-corrected chi connectivity index (χ2v) is 6.08. The second-order valence-electron chi connectivity index (χ2n) is 4.02. The molecule has 0 aliphatic rings. The monoisotopic (exact) mass is 276 g/mol. The average molecular weight is 276 g/mol. The minimum atomic E-state index is -3.15. The molecular weight excluding hydrogens is 264 g/mol. The molecule has 0 radical (unpaired) electrons. The molecule has 1 heterocycles. The first-order valence-corrected chi connectivity index (χ1v) is 7.02. The van der Waals surface area contributed by atoms with Crippen molar-refractivity contribution in [2.24, 2.45) is 0 Å². The van der Waals surface area contributed by atoms with E-state index in [1.165, 1.54) is 30.5 Å². The molecule has 19 heavy (non-hydrogen) atoms. The van der Waals surface area contributed by atoms with Gasteiger partial charge in [-0.2, -0.15) is 0 Å². The van der Waals surface area contributed by atoms with Gasteiger partial charge in [0.2, 0.25) is 0 Å². The van der Waals surface area contributed by atoms with E-state index in [2.05, 4.69) is 4.98 Å². The Balaban J connectivity index is 2.44. The van der Waals surface area contributed by atoms with Crippen LogP contribution >= 0.6 is 0 Å². The number of pyridine rings is 1. The van der Waals surface area contributed by atoms with Crippen LogP contribution in [0.2, 0.25) is 0 Å². The average Bonchev–Trinajstić information content (AvgIpc) is 2.39. The van der Waals surface area contributed by atoms with Crippen molar-refractivity contribution in [1.29, 1.82) is 4.78 Å². The maximum atomic E-state index is 12.5. The lowest BCUT2D eigenvalue weighted by Crippen LogP contribution is -2.02. The number of aromatic nitrogens is 1. The molecule has 0 spiro atoms. The Morgan fingerprint density at radius 1 is 1.16 bits per heavy atom. The molecule has 0 saturated heterocycles. The van der Waals surface area contributed by atoms with E-state index >= 15 is 0 Å². The van der Waals surface area contributed by atoms with Crippen molar-refractivity contribution in [2.75, 3.05) is 0 Å². The lowest BCUT2D eigenvalue weighted by molar-refractivity contribution is 0.0697. The van der Waals surface area contributed by atoms with E-state index in [0.29, 0.717) is 4.90 Å². The molecule has 98 valence electrons. The number of aromatic carboxylic acids is 1. The third-order valence-corrected chi connectivity index (χ3v) is 4.49. The highest BCUT2D eigenvalue weighted by atomic mass is 32.2. The van der Waals surface area contributed by atoms with Crippen molar-refractivity contribution in [3.63, 3.8) is 0 Å². The van der Waals surface area contributed by atoms with Crippen LogP contribution in [0, 0.1) is 11.7 Å². The van der Waals surface area contributed by atoms with Crippen LogP contribution < -0.4 is 0 Å². The Labute approximate surface area is 110 Å². The summed E-state index contributed by atoms with van der Waals surface area (Å²) < 4.78 is 20.5. The predicted octanol–water partition coefficient (Wildman–Crippen LogP) is 2.55. The van der Waals surface area contributed by atoms with Crippen molar-refractivity contribution in [1.82, 2.24) is 4.98 Å². The van der Waals surface area contributed by atoms with Crippen molar-refractivity contribution in [2.45, 2.75) is 16.7 Å². The largest absolute Gasteiger partial charge is 0.478 e. The number of carboxylic acids is 1. The molecule has 5 nitrogen and oxygen atoms in total. The lowest BCUT2D eigenvalue weighted by Gasteiger charge is -2.08. The van der Waals surface area contributed by atoms with E-state index in [0.717, 1.165) is 5.69 Å². The van der Waals surface area contributed by atoms with Crippen LogP contribution in [0.5, 0.6) is 0 Å². The summed E-state index contributed by atoms with van der Waals surface area (Å²) in [5.41, 5.74) is 0.876. The van der Waals surface area contributed by atoms with Gasteiger partial charge in [-0.3, -0.25) is 4.98 Å². The Hall–Kier alpha value is -2.21. The zero-order valence-corrected chi connectivity index (χ0v) is 11.0. The predicted molar refractivity (Wildman–Crippen MR) is 69.8 cm³/mol. The minimum Gasteiger partial charge on any atom is -0.478 e. The minimum absolute atomic E-state index is 0.0981. The molecule has 1 aromatic carbocycles. The Morgan fingerprint density at radius 3 is 2.21 bits per heavy atom. The number of carbonyl (C=O) groups is 1. The molecule has 0 bridgehead atoms. The normalized spacial score (nSPS) is 13.7. The molecule has 6 heteroatoms. The van der Waals surface area contributed by atoms with Crippen molar-refractivity contribution >= 4 is 15.7 Å². The molecule has 1 aromatic heterocycles. The third kappa shape index (κ3) is 2.63. The fourth-order valence-corrected chi connectivity index (χ4v) is 2.80. The van der Waals surface area contributed by atoms with Crippen molar-refractivity contribution in [3.05, 3.63) is 53.9 Å². The summed E-state index contributed by atoms with van der Waals surface area (Å²) in [5, 5.41) is 8.80. The molecule has 2 rings (SSSR count). The molecule has 1 atom stereocenters. The number of rotatable bonds is 3. The van der Waals surface area contributed by atoms with E-state index in [1.807, 2.05) is 0 Å². The Bertz CT molecular complexity index is 705. The molecule has 0 saturated carbocycles. The first-order valence-electron chi connectivity index (χ1n) is 5.46. The van der Waals surface area contributed by atoms with Gasteiger partial charge in [0.15, 0.2) is 0 Å². The van der Waals surface area contributed by atoms with Gasteiger partial charge in [0.25, 0.3) is 0 Å². The summed E-state index contributed by atoms with van der Waals surface area (Å²) in [4.78, 5) is 15.3. The summed E-state index contributed by atoms with van der Waals surface area (Å²) in [6.07, 6.45) is 1.41. The number of nitrogens with one attached hydrogen (secondary N) is 1.